The minimum absolute atomic E-state index is 0.00414. The van der Waals surface area contributed by atoms with E-state index in [-0.39, 0.29) is 17.6 Å². The van der Waals surface area contributed by atoms with Crippen LogP contribution in [0, 0.1) is 24.0 Å². The summed E-state index contributed by atoms with van der Waals surface area (Å²) in [4.78, 5) is 10.7. The summed E-state index contributed by atoms with van der Waals surface area (Å²) in [6.45, 7) is 5.89. The average molecular weight is 328 g/mol. The van der Waals surface area contributed by atoms with Crippen molar-refractivity contribution in [2.24, 2.45) is 0 Å². The number of benzene rings is 1. The number of aryl methyl sites for hydroxylation is 1. The maximum atomic E-state index is 11.1. The lowest BCUT2D eigenvalue weighted by Gasteiger charge is -2.09. The molecule has 0 bridgehead atoms. The zero-order valence-corrected chi connectivity index (χ0v) is 13.4. The van der Waals surface area contributed by atoms with Gasteiger partial charge in [-0.3, -0.25) is 14.8 Å². The van der Waals surface area contributed by atoms with Crippen molar-refractivity contribution in [3.63, 3.8) is 0 Å². The zero-order valence-electron chi connectivity index (χ0n) is 11.9. The average Bonchev–Trinajstić information content (AvgIpc) is 2.66. The van der Waals surface area contributed by atoms with E-state index in [1.165, 1.54) is 6.07 Å². The van der Waals surface area contributed by atoms with Gasteiger partial charge in [0, 0.05) is 17.3 Å². The van der Waals surface area contributed by atoms with Crippen LogP contribution in [0.1, 0.15) is 34.8 Å². The highest BCUT2D eigenvalue weighted by Crippen LogP contribution is 2.30. The molecular formula is C14H15Cl2N3O2. The Balaban J connectivity index is 2.49. The Hall–Kier alpha value is -1.59. The SMILES string of the molecule is Cc1nn(Cc2c(Cl)cccc2[N+](=O)[O-])c(C)c1C(C)Cl. The Kier molecular flexibility index (Phi) is 4.54. The summed E-state index contributed by atoms with van der Waals surface area (Å²) in [5.41, 5.74) is 3.11. The second-order valence-corrected chi connectivity index (χ2v) is 5.91. The van der Waals surface area contributed by atoms with E-state index in [0.717, 1.165) is 17.0 Å². The summed E-state index contributed by atoms with van der Waals surface area (Å²) < 4.78 is 1.71. The smallest absolute Gasteiger partial charge is 0.265 e. The third kappa shape index (κ3) is 3.04. The maximum Gasteiger partial charge on any atom is 0.275 e. The third-order valence-electron chi connectivity index (χ3n) is 3.43. The summed E-state index contributed by atoms with van der Waals surface area (Å²) >= 11 is 12.3. The van der Waals surface area contributed by atoms with Gasteiger partial charge in [0.05, 0.1) is 33.1 Å². The molecule has 5 nitrogen and oxygen atoms in total. The first-order valence-electron chi connectivity index (χ1n) is 6.42. The van der Waals surface area contributed by atoms with Gasteiger partial charge in [-0.1, -0.05) is 17.7 Å². The molecule has 0 aliphatic carbocycles. The number of nitro groups is 1. The van der Waals surface area contributed by atoms with Gasteiger partial charge in [0.2, 0.25) is 0 Å². The lowest BCUT2D eigenvalue weighted by atomic mass is 10.1. The number of hydrogen-bond donors (Lipinski definition) is 0. The quantitative estimate of drug-likeness (QED) is 0.474. The highest BCUT2D eigenvalue weighted by atomic mass is 35.5. The van der Waals surface area contributed by atoms with Crippen LogP contribution in [0.15, 0.2) is 18.2 Å². The largest absolute Gasteiger partial charge is 0.275 e. The Labute approximate surface area is 132 Å². The monoisotopic (exact) mass is 327 g/mol. The minimum atomic E-state index is -0.433. The molecule has 1 heterocycles. The zero-order chi connectivity index (χ0) is 15.7. The summed E-state index contributed by atoms with van der Waals surface area (Å²) in [5.74, 6) is 0. The highest BCUT2D eigenvalue weighted by molar-refractivity contribution is 6.31. The van der Waals surface area contributed by atoms with Gasteiger partial charge in [-0.05, 0) is 26.8 Å². The number of aromatic nitrogens is 2. The van der Waals surface area contributed by atoms with Crippen LogP contribution in [-0.2, 0) is 6.54 Å². The number of nitrogens with zero attached hydrogens (tertiary/aromatic N) is 3. The second kappa shape index (κ2) is 6.03. The summed E-state index contributed by atoms with van der Waals surface area (Å²) in [7, 11) is 0. The number of alkyl halides is 1. The van der Waals surface area contributed by atoms with Gasteiger partial charge < -0.3 is 0 Å². The number of hydrogen-bond acceptors (Lipinski definition) is 3. The molecule has 2 aromatic rings. The molecule has 112 valence electrons. The van der Waals surface area contributed by atoms with Gasteiger partial charge in [0.1, 0.15) is 0 Å². The molecule has 0 N–H and O–H groups in total. The second-order valence-electron chi connectivity index (χ2n) is 4.85. The summed E-state index contributed by atoms with van der Waals surface area (Å²) in [5, 5.41) is 15.7. The van der Waals surface area contributed by atoms with Crippen LogP contribution in [0.5, 0.6) is 0 Å². The molecule has 1 aromatic heterocycles. The van der Waals surface area contributed by atoms with Crippen molar-refractivity contribution >= 4 is 28.9 Å². The Morgan fingerprint density at radius 2 is 2.10 bits per heavy atom. The molecular weight excluding hydrogens is 313 g/mol. The predicted molar refractivity (Wildman–Crippen MR) is 83.2 cm³/mol. The van der Waals surface area contributed by atoms with Crippen LogP contribution in [0.4, 0.5) is 5.69 Å². The molecule has 1 aromatic carbocycles. The number of nitro benzene ring substituents is 1. The van der Waals surface area contributed by atoms with Crippen molar-refractivity contribution in [1.82, 2.24) is 9.78 Å². The first-order chi connectivity index (χ1) is 9.82. The highest BCUT2D eigenvalue weighted by Gasteiger charge is 2.21. The fourth-order valence-electron chi connectivity index (χ4n) is 2.47. The van der Waals surface area contributed by atoms with Crippen molar-refractivity contribution in [1.29, 1.82) is 0 Å². The van der Waals surface area contributed by atoms with E-state index in [1.807, 2.05) is 20.8 Å². The maximum absolute atomic E-state index is 11.1. The molecule has 0 aliphatic rings. The molecule has 0 saturated carbocycles. The lowest BCUT2D eigenvalue weighted by Crippen LogP contribution is -2.07. The first-order valence-corrected chi connectivity index (χ1v) is 7.24. The van der Waals surface area contributed by atoms with Crippen LogP contribution in [0.25, 0.3) is 0 Å². The standard InChI is InChI=1S/C14H15Cl2N3O2/c1-8(15)14-9(2)17-18(10(14)3)7-11-12(16)5-4-6-13(11)19(20)21/h4-6,8H,7H2,1-3H3. The molecule has 0 amide bonds. The van der Waals surface area contributed by atoms with Crippen LogP contribution in [0.2, 0.25) is 5.02 Å². The van der Waals surface area contributed by atoms with E-state index in [0.29, 0.717) is 10.6 Å². The van der Waals surface area contributed by atoms with Gasteiger partial charge >= 0.3 is 0 Å². The Morgan fingerprint density at radius 1 is 1.43 bits per heavy atom. The van der Waals surface area contributed by atoms with Crippen LogP contribution >= 0.6 is 23.2 Å². The van der Waals surface area contributed by atoms with Gasteiger partial charge in [-0.25, -0.2) is 0 Å². The first kappa shape index (κ1) is 15.8. The molecule has 1 unspecified atom stereocenters. The summed E-state index contributed by atoms with van der Waals surface area (Å²) in [6.07, 6.45) is 0. The number of halogens is 2. The molecule has 0 radical (unpaired) electrons. The Morgan fingerprint density at radius 3 is 2.62 bits per heavy atom. The molecule has 21 heavy (non-hydrogen) atoms. The van der Waals surface area contributed by atoms with E-state index >= 15 is 0 Å². The molecule has 0 aliphatic heterocycles. The van der Waals surface area contributed by atoms with E-state index in [9.17, 15) is 10.1 Å². The molecule has 0 saturated heterocycles. The molecule has 0 spiro atoms. The molecule has 0 fully saturated rings. The lowest BCUT2D eigenvalue weighted by molar-refractivity contribution is -0.385. The van der Waals surface area contributed by atoms with Crippen LogP contribution < -0.4 is 0 Å². The van der Waals surface area contributed by atoms with Crippen molar-refractivity contribution in [2.75, 3.05) is 0 Å². The van der Waals surface area contributed by atoms with Crippen molar-refractivity contribution in [3.05, 3.63) is 55.9 Å². The van der Waals surface area contributed by atoms with Gasteiger partial charge in [0.25, 0.3) is 5.69 Å². The van der Waals surface area contributed by atoms with E-state index in [2.05, 4.69) is 5.10 Å². The topological polar surface area (TPSA) is 61.0 Å². The van der Waals surface area contributed by atoms with E-state index in [4.69, 9.17) is 23.2 Å². The van der Waals surface area contributed by atoms with Crippen molar-refractivity contribution in [3.8, 4) is 0 Å². The van der Waals surface area contributed by atoms with Crippen molar-refractivity contribution < 1.29 is 4.92 Å². The van der Waals surface area contributed by atoms with Gasteiger partial charge in [0.15, 0.2) is 0 Å². The molecule has 1 atom stereocenters. The fraction of sp³-hybridized carbons (Fsp3) is 0.357. The van der Waals surface area contributed by atoms with Crippen LogP contribution in [0.3, 0.4) is 0 Å². The van der Waals surface area contributed by atoms with Gasteiger partial charge in [-0.2, -0.15) is 5.10 Å². The molecule has 2 rings (SSSR count). The third-order valence-corrected chi connectivity index (χ3v) is 4.01. The summed E-state index contributed by atoms with van der Waals surface area (Å²) in [6, 6.07) is 4.65. The predicted octanol–water partition coefficient (Wildman–Crippen LogP) is 4.41. The Bertz CT molecular complexity index is 696. The van der Waals surface area contributed by atoms with Crippen molar-refractivity contribution in [2.45, 2.75) is 32.7 Å². The number of rotatable bonds is 4. The molecule has 7 heteroatoms. The van der Waals surface area contributed by atoms with E-state index in [1.54, 1.807) is 16.8 Å². The van der Waals surface area contributed by atoms with Gasteiger partial charge in [-0.15, -0.1) is 11.6 Å². The minimum Gasteiger partial charge on any atom is -0.265 e. The normalized spacial score (nSPS) is 12.4. The van der Waals surface area contributed by atoms with Crippen LogP contribution in [-0.4, -0.2) is 14.7 Å². The fourth-order valence-corrected chi connectivity index (χ4v) is 3.01. The van der Waals surface area contributed by atoms with E-state index < -0.39 is 4.92 Å².